The highest BCUT2D eigenvalue weighted by atomic mass is 79.9. The summed E-state index contributed by atoms with van der Waals surface area (Å²) < 4.78 is 1.72. The maximum Gasteiger partial charge on any atom is 0.338 e. The topological polar surface area (TPSA) is 98.3 Å². The van der Waals surface area contributed by atoms with E-state index < -0.39 is 10.9 Å². The number of halogens is 1. The van der Waals surface area contributed by atoms with Crippen molar-refractivity contribution in [1.82, 2.24) is 9.78 Å². The van der Waals surface area contributed by atoms with Gasteiger partial charge in [-0.05, 0) is 12.1 Å². The van der Waals surface area contributed by atoms with E-state index in [1.54, 1.807) is 6.07 Å². The SMILES string of the molecule is O=C(O)c1cnn(-c2ccc(Br)cc2[N+](=O)[O-])c1. The van der Waals surface area contributed by atoms with E-state index in [2.05, 4.69) is 21.0 Å². The summed E-state index contributed by atoms with van der Waals surface area (Å²) in [5.41, 5.74) is 0.00679. The van der Waals surface area contributed by atoms with Crippen LogP contribution < -0.4 is 0 Å². The van der Waals surface area contributed by atoms with Gasteiger partial charge in [-0.15, -0.1) is 0 Å². The Hall–Kier alpha value is -2.22. The molecule has 2 rings (SSSR count). The number of nitrogens with zero attached hydrogens (tertiary/aromatic N) is 3. The molecule has 0 amide bonds. The van der Waals surface area contributed by atoms with E-state index in [1.807, 2.05) is 0 Å². The van der Waals surface area contributed by atoms with Crippen LogP contribution in [-0.4, -0.2) is 25.8 Å². The number of carbonyl (C=O) groups is 1. The van der Waals surface area contributed by atoms with Gasteiger partial charge in [0.25, 0.3) is 5.69 Å². The molecule has 1 aromatic carbocycles. The molecule has 0 aliphatic carbocycles. The monoisotopic (exact) mass is 311 g/mol. The third-order valence-electron chi connectivity index (χ3n) is 2.21. The fraction of sp³-hybridized carbons (Fsp3) is 0. The van der Waals surface area contributed by atoms with Crippen molar-refractivity contribution in [2.75, 3.05) is 0 Å². The summed E-state index contributed by atoms with van der Waals surface area (Å²) in [5, 5.41) is 23.5. The number of hydrogen-bond acceptors (Lipinski definition) is 4. The molecule has 1 aromatic heterocycles. The predicted octanol–water partition coefficient (Wildman–Crippen LogP) is 2.24. The Morgan fingerprint density at radius 3 is 2.78 bits per heavy atom. The fourth-order valence-corrected chi connectivity index (χ4v) is 1.75. The first-order chi connectivity index (χ1) is 8.49. The molecule has 92 valence electrons. The standard InChI is InChI=1S/C10H6BrN3O4/c11-7-1-2-8(9(3-7)14(17)18)13-5-6(4-12-13)10(15)16/h1-5H,(H,15,16). The molecular formula is C10H6BrN3O4. The first-order valence-electron chi connectivity index (χ1n) is 4.71. The molecule has 0 unspecified atom stereocenters. The molecule has 8 heteroatoms. The number of nitro benzene ring substituents is 1. The normalized spacial score (nSPS) is 10.3. The van der Waals surface area contributed by atoms with Gasteiger partial charge in [-0.1, -0.05) is 15.9 Å². The number of carboxylic acids is 1. The Morgan fingerprint density at radius 2 is 2.22 bits per heavy atom. The van der Waals surface area contributed by atoms with Crippen LogP contribution in [0, 0.1) is 10.1 Å². The third kappa shape index (κ3) is 2.23. The predicted molar refractivity (Wildman–Crippen MR) is 64.9 cm³/mol. The van der Waals surface area contributed by atoms with Gasteiger partial charge in [0.1, 0.15) is 5.69 Å². The van der Waals surface area contributed by atoms with Crippen LogP contribution in [0.1, 0.15) is 10.4 Å². The molecular weight excluding hydrogens is 306 g/mol. The number of benzene rings is 1. The van der Waals surface area contributed by atoms with Crippen molar-refractivity contribution >= 4 is 27.6 Å². The van der Waals surface area contributed by atoms with Gasteiger partial charge in [0.15, 0.2) is 0 Å². The second-order valence-electron chi connectivity index (χ2n) is 3.37. The van der Waals surface area contributed by atoms with E-state index in [1.165, 1.54) is 18.3 Å². The minimum Gasteiger partial charge on any atom is -0.478 e. The van der Waals surface area contributed by atoms with Crippen LogP contribution in [0.3, 0.4) is 0 Å². The lowest BCUT2D eigenvalue weighted by atomic mass is 10.2. The van der Waals surface area contributed by atoms with Gasteiger partial charge in [-0.2, -0.15) is 5.10 Å². The van der Waals surface area contributed by atoms with Crippen molar-refractivity contribution in [1.29, 1.82) is 0 Å². The van der Waals surface area contributed by atoms with Crippen molar-refractivity contribution in [3.63, 3.8) is 0 Å². The van der Waals surface area contributed by atoms with E-state index in [0.29, 0.717) is 4.47 Å². The molecule has 0 atom stereocenters. The molecule has 0 saturated heterocycles. The average Bonchev–Trinajstić information content (AvgIpc) is 2.78. The Labute approximate surface area is 109 Å². The van der Waals surface area contributed by atoms with Crippen LogP contribution in [0.25, 0.3) is 5.69 Å². The minimum atomic E-state index is -1.14. The highest BCUT2D eigenvalue weighted by molar-refractivity contribution is 9.10. The number of aromatic nitrogens is 2. The van der Waals surface area contributed by atoms with Gasteiger partial charge < -0.3 is 5.11 Å². The number of aromatic carboxylic acids is 1. The zero-order chi connectivity index (χ0) is 13.3. The lowest BCUT2D eigenvalue weighted by Gasteiger charge is -2.02. The molecule has 0 aliphatic rings. The van der Waals surface area contributed by atoms with Crippen LogP contribution in [0.4, 0.5) is 5.69 Å². The summed E-state index contributed by atoms with van der Waals surface area (Å²) in [6.07, 6.45) is 2.35. The van der Waals surface area contributed by atoms with Crippen LogP contribution in [0.15, 0.2) is 35.1 Å². The Kier molecular flexibility index (Phi) is 3.11. The van der Waals surface area contributed by atoms with Gasteiger partial charge in [-0.25, -0.2) is 9.48 Å². The largest absolute Gasteiger partial charge is 0.478 e. The smallest absolute Gasteiger partial charge is 0.338 e. The first-order valence-corrected chi connectivity index (χ1v) is 5.50. The molecule has 0 saturated carbocycles. The molecule has 1 heterocycles. The molecule has 1 N–H and O–H groups in total. The molecule has 0 fully saturated rings. The molecule has 7 nitrogen and oxygen atoms in total. The van der Waals surface area contributed by atoms with Gasteiger partial charge in [-0.3, -0.25) is 10.1 Å². The van der Waals surface area contributed by atoms with Crippen molar-refractivity contribution in [3.8, 4) is 5.69 Å². The highest BCUT2D eigenvalue weighted by Crippen LogP contribution is 2.26. The molecule has 2 aromatic rings. The molecule has 0 aliphatic heterocycles. The number of rotatable bonds is 3. The fourth-order valence-electron chi connectivity index (χ4n) is 1.40. The van der Waals surface area contributed by atoms with Gasteiger partial charge in [0.05, 0.1) is 16.7 Å². The van der Waals surface area contributed by atoms with E-state index in [0.717, 1.165) is 10.9 Å². The summed E-state index contributed by atoms with van der Waals surface area (Å²) in [6, 6.07) is 4.43. The number of nitro groups is 1. The van der Waals surface area contributed by atoms with Crippen LogP contribution in [-0.2, 0) is 0 Å². The van der Waals surface area contributed by atoms with E-state index >= 15 is 0 Å². The highest BCUT2D eigenvalue weighted by Gasteiger charge is 2.17. The van der Waals surface area contributed by atoms with E-state index in [9.17, 15) is 14.9 Å². The third-order valence-corrected chi connectivity index (χ3v) is 2.70. The minimum absolute atomic E-state index is 0.0350. The molecule has 0 bridgehead atoms. The maximum atomic E-state index is 10.9. The second kappa shape index (κ2) is 4.57. The van der Waals surface area contributed by atoms with Gasteiger partial charge in [0, 0.05) is 16.7 Å². The summed E-state index contributed by atoms with van der Waals surface area (Å²) in [5.74, 6) is -1.14. The zero-order valence-electron chi connectivity index (χ0n) is 8.78. The Balaban J connectivity index is 2.55. The molecule has 0 radical (unpaired) electrons. The summed E-state index contributed by atoms with van der Waals surface area (Å²) in [7, 11) is 0. The summed E-state index contributed by atoms with van der Waals surface area (Å²) in [6.45, 7) is 0. The lowest BCUT2D eigenvalue weighted by Crippen LogP contribution is -2.01. The first kappa shape index (κ1) is 12.2. The van der Waals surface area contributed by atoms with Crippen molar-refractivity contribution in [2.24, 2.45) is 0 Å². The Bertz CT molecular complexity index is 638. The molecule has 0 spiro atoms. The summed E-state index contributed by atoms with van der Waals surface area (Å²) in [4.78, 5) is 21.1. The number of carboxylic acid groups (broad SMARTS) is 1. The van der Waals surface area contributed by atoms with Crippen LogP contribution >= 0.6 is 15.9 Å². The van der Waals surface area contributed by atoms with Crippen LogP contribution in [0.5, 0.6) is 0 Å². The van der Waals surface area contributed by atoms with E-state index in [4.69, 9.17) is 5.11 Å². The second-order valence-corrected chi connectivity index (χ2v) is 4.28. The van der Waals surface area contributed by atoms with Crippen molar-refractivity contribution in [2.45, 2.75) is 0 Å². The Morgan fingerprint density at radius 1 is 1.50 bits per heavy atom. The van der Waals surface area contributed by atoms with Gasteiger partial charge in [0.2, 0.25) is 0 Å². The van der Waals surface area contributed by atoms with Crippen LogP contribution in [0.2, 0.25) is 0 Å². The van der Waals surface area contributed by atoms with E-state index in [-0.39, 0.29) is 16.9 Å². The number of hydrogen-bond donors (Lipinski definition) is 1. The lowest BCUT2D eigenvalue weighted by molar-refractivity contribution is -0.384. The summed E-state index contributed by atoms with van der Waals surface area (Å²) >= 11 is 3.14. The average molecular weight is 312 g/mol. The quantitative estimate of drug-likeness (QED) is 0.692. The molecule has 18 heavy (non-hydrogen) atoms. The van der Waals surface area contributed by atoms with Crippen molar-refractivity contribution < 1.29 is 14.8 Å². The maximum absolute atomic E-state index is 10.9. The van der Waals surface area contributed by atoms with Gasteiger partial charge >= 0.3 is 5.97 Å². The van der Waals surface area contributed by atoms with Crippen molar-refractivity contribution in [3.05, 3.63) is 50.7 Å². The zero-order valence-corrected chi connectivity index (χ0v) is 10.4.